The fourth-order valence-corrected chi connectivity index (χ4v) is 2.56. The number of anilines is 1. The van der Waals surface area contributed by atoms with Crippen molar-refractivity contribution in [3.63, 3.8) is 0 Å². The maximum absolute atomic E-state index is 12.1. The zero-order chi connectivity index (χ0) is 14.8. The Morgan fingerprint density at radius 2 is 2.33 bits per heavy atom. The van der Waals surface area contributed by atoms with E-state index in [0.29, 0.717) is 18.6 Å². The van der Waals surface area contributed by atoms with E-state index in [1.165, 1.54) is 0 Å². The fraction of sp³-hybridized carbons (Fsp3) is 0.375. The topological polar surface area (TPSA) is 56.2 Å². The van der Waals surface area contributed by atoms with Crippen molar-refractivity contribution >= 4 is 11.5 Å². The molecule has 0 bridgehead atoms. The average molecular weight is 285 g/mol. The van der Waals surface area contributed by atoms with E-state index in [2.05, 4.69) is 10.4 Å². The number of hydrogen-bond donors (Lipinski definition) is 1. The third-order valence-electron chi connectivity index (χ3n) is 3.67. The van der Waals surface area contributed by atoms with Gasteiger partial charge in [-0.25, -0.2) is 4.68 Å². The van der Waals surface area contributed by atoms with Crippen LogP contribution in [0.2, 0.25) is 0 Å². The van der Waals surface area contributed by atoms with Gasteiger partial charge in [-0.1, -0.05) is 6.92 Å². The summed E-state index contributed by atoms with van der Waals surface area (Å²) in [6.45, 7) is 5.41. The van der Waals surface area contributed by atoms with Crippen molar-refractivity contribution in [2.24, 2.45) is 0 Å². The summed E-state index contributed by atoms with van der Waals surface area (Å²) in [6.07, 6.45) is 3.07. The van der Waals surface area contributed by atoms with Crippen LogP contribution in [0.25, 0.3) is 5.69 Å². The largest absolute Gasteiger partial charge is 0.490 e. The van der Waals surface area contributed by atoms with Gasteiger partial charge in [0.15, 0.2) is 5.78 Å². The predicted molar refractivity (Wildman–Crippen MR) is 81.5 cm³/mol. The molecule has 0 aliphatic carbocycles. The SMILES string of the molecule is CCCC(=O)c1cnn(-c2ccc3c(c2)OCCN3)c1C. The van der Waals surface area contributed by atoms with Crippen molar-refractivity contribution < 1.29 is 9.53 Å². The molecule has 2 aromatic rings. The Morgan fingerprint density at radius 1 is 1.48 bits per heavy atom. The van der Waals surface area contributed by atoms with Gasteiger partial charge in [0.1, 0.15) is 12.4 Å². The molecule has 0 amide bonds. The van der Waals surface area contributed by atoms with Crippen LogP contribution in [0.5, 0.6) is 5.75 Å². The highest BCUT2D eigenvalue weighted by Gasteiger charge is 2.16. The highest BCUT2D eigenvalue weighted by Crippen LogP contribution is 2.30. The number of benzene rings is 1. The molecule has 0 spiro atoms. The summed E-state index contributed by atoms with van der Waals surface area (Å²) in [5, 5.41) is 7.65. The molecule has 0 saturated heterocycles. The number of fused-ring (bicyclic) bond motifs is 1. The van der Waals surface area contributed by atoms with E-state index in [1.54, 1.807) is 10.9 Å². The van der Waals surface area contributed by atoms with Gasteiger partial charge in [-0.15, -0.1) is 0 Å². The summed E-state index contributed by atoms with van der Waals surface area (Å²) < 4.78 is 7.44. The molecule has 5 heteroatoms. The maximum atomic E-state index is 12.1. The normalized spacial score (nSPS) is 13.2. The molecule has 1 aliphatic heterocycles. The van der Waals surface area contributed by atoms with E-state index < -0.39 is 0 Å². The van der Waals surface area contributed by atoms with Gasteiger partial charge in [-0.05, 0) is 25.5 Å². The second-order valence-electron chi connectivity index (χ2n) is 5.18. The number of nitrogens with zero attached hydrogens (tertiary/aromatic N) is 2. The summed E-state index contributed by atoms with van der Waals surface area (Å²) in [5.41, 5.74) is 3.48. The molecule has 1 N–H and O–H groups in total. The molecule has 3 rings (SSSR count). The number of nitrogens with one attached hydrogen (secondary N) is 1. The van der Waals surface area contributed by atoms with Crippen LogP contribution in [0, 0.1) is 6.92 Å². The van der Waals surface area contributed by atoms with Gasteiger partial charge in [-0.3, -0.25) is 4.79 Å². The van der Waals surface area contributed by atoms with Crippen molar-refractivity contribution in [2.75, 3.05) is 18.5 Å². The molecular formula is C16H19N3O2. The van der Waals surface area contributed by atoms with Gasteiger partial charge < -0.3 is 10.1 Å². The first-order valence-corrected chi connectivity index (χ1v) is 7.29. The number of hydrogen-bond acceptors (Lipinski definition) is 4. The molecule has 1 aliphatic rings. The van der Waals surface area contributed by atoms with Gasteiger partial charge >= 0.3 is 0 Å². The minimum Gasteiger partial charge on any atom is -0.490 e. The van der Waals surface area contributed by atoms with Gasteiger partial charge in [-0.2, -0.15) is 5.10 Å². The number of aromatic nitrogens is 2. The molecule has 1 aromatic carbocycles. The molecule has 110 valence electrons. The monoisotopic (exact) mass is 285 g/mol. The number of rotatable bonds is 4. The van der Waals surface area contributed by atoms with Crippen LogP contribution in [0.1, 0.15) is 35.8 Å². The highest BCUT2D eigenvalue weighted by molar-refractivity contribution is 5.96. The lowest BCUT2D eigenvalue weighted by Crippen LogP contribution is -2.18. The summed E-state index contributed by atoms with van der Waals surface area (Å²) in [5.74, 6) is 0.979. The number of carbonyl (C=O) groups is 1. The van der Waals surface area contributed by atoms with Crippen LogP contribution < -0.4 is 10.1 Å². The molecule has 2 heterocycles. The smallest absolute Gasteiger partial charge is 0.166 e. The Hall–Kier alpha value is -2.30. The Labute approximate surface area is 123 Å². The minimum absolute atomic E-state index is 0.150. The standard InChI is InChI=1S/C16H19N3O2/c1-3-4-15(20)13-10-18-19(11(13)2)12-5-6-14-16(9-12)21-8-7-17-14/h5-6,9-10,17H,3-4,7-8H2,1-2H3. The van der Waals surface area contributed by atoms with Crippen LogP contribution in [0.15, 0.2) is 24.4 Å². The Bertz CT molecular complexity index is 676. The second-order valence-corrected chi connectivity index (χ2v) is 5.18. The van der Waals surface area contributed by atoms with Gasteiger partial charge in [0.2, 0.25) is 0 Å². The number of carbonyl (C=O) groups excluding carboxylic acids is 1. The minimum atomic E-state index is 0.150. The summed E-state index contributed by atoms with van der Waals surface area (Å²) in [4.78, 5) is 12.1. The summed E-state index contributed by atoms with van der Waals surface area (Å²) >= 11 is 0. The summed E-state index contributed by atoms with van der Waals surface area (Å²) in [6, 6.07) is 5.92. The molecule has 21 heavy (non-hydrogen) atoms. The van der Waals surface area contributed by atoms with Gasteiger partial charge in [0.25, 0.3) is 0 Å². The first-order chi connectivity index (χ1) is 10.2. The van der Waals surface area contributed by atoms with Crippen molar-refractivity contribution in [1.82, 2.24) is 9.78 Å². The van der Waals surface area contributed by atoms with Gasteiger partial charge in [0, 0.05) is 19.0 Å². The molecule has 0 atom stereocenters. The Kier molecular flexibility index (Phi) is 3.64. The van der Waals surface area contributed by atoms with Crippen LogP contribution in [0.4, 0.5) is 5.69 Å². The Morgan fingerprint density at radius 3 is 3.14 bits per heavy atom. The van der Waals surface area contributed by atoms with Crippen LogP contribution >= 0.6 is 0 Å². The van der Waals surface area contributed by atoms with E-state index in [1.807, 2.05) is 32.0 Å². The van der Waals surface area contributed by atoms with Gasteiger partial charge in [0.05, 0.1) is 28.8 Å². The lowest BCUT2D eigenvalue weighted by atomic mass is 10.1. The first-order valence-electron chi connectivity index (χ1n) is 7.29. The second kappa shape index (κ2) is 5.60. The molecular weight excluding hydrogens is 266 g/mol. The molecule has 0 unspecified atom stereocenters. The predicted octanol–water partition coefficient (Wildman–Crippen LogP) is 2.97. The van der Waals surface area contributed by atoms with Crippen molar-refractivity contribution in [1.29, 1.82) is 0 Å². The molecule has 0 saturated carbocycles. The highest BCUT2D eigenvalue weighted by atomic mass is 16.5. The number of ether oxygens (including phenoxy) is 1. The fourth-order valence-electron chi connectivity index (χ4n) is 2.56. The van der Waals surface area contributed by atoms with Crippen molar-refractivity contribution in [2.45, 2.75) is 26.7 Å². The molecule has 1 aromatic heterocycles. The third-order valence-corrected chi connectivity index (χ3v) is 3.67. The maximum Gasteiger partial charge on any atom is 0.166 e. The van der Waals surface area contributed by atoms with E-state index in [4.69, 9.17) is 4.74 Å². The quantitative estimate of drug-likeness (QED) is 0.877. The number of ketones is 1. The molecule has 5 nitrogen and oxygen atoms in total. The molecule has 0 fully saturated rings. The van der Waals surface area contributed by atoms with Crippen LogP contribution in [0.3, 0.4) is 0 Å². The number of Topliss-reactive ketones (excluding diaryl/α,β-unsaturated/α-hetero) is 1. The lowest BCUT2D eigenvalue weighted by Gasteiger charge is -2.19. The van der Waals surface area contributed by atoms with E-state index >= 15 is 0 Å². The zero-order valence-corrected chi connectivity index (χ0v) is 12.3. The zero-order valence-electron chi connectivity index (χ0n) is 12.3. The first kappa shape index (κ1) is 13.7. The summed E-state index contributed by atoms with van der Waals surface area (Å²) in [7, 11) is 0. The van der Waals surface area contributed by atoms with Crippen molar-refractivity contribution in [3.05, 3.63) is 35.7 Å². The lowest BCUT2D eigenvalue weighted by molar-refractivity contribution is 0.0981. The van der Waals surface area contributed by atoms with E-state index in [-0.39, 0.29) is 5.78 Å². The van der Waals surface area contributed by atoms with E-state index in [0.717, 1.165) is 35.8 Å². The van der Waals surface area contributed by atoms with Crippen LogP contribution in [-0.2, 0) is 0 Å². The third kappa shape index (κ3) is 2.51. The Balaban J connectivity index is 1.96. The van der Waals surface area contributed by atoms with Crippen LogP contribution in [-0.4, -0.2) is 28.7 Å². The molecule has 0 radical (unpaired) electrons. The van der Waals surface area contributed by atoms with E-state index in [9.17, 15) is 4.79 Å². The van der Waals surface area contributed by atoms with Crippen molar-refractivity contribution in [3.8, 4) is 11.4 Å². The average Bonchev–Trinajstić information content (AvgIpc) is 2.89.